The molecule has 2 aliphatic rings. The lowest BCUT2D eigenvalue weighted by molar-refractivity contribution is 0.154. The first kappa shape index (κ1) is 25.9. The SMILES string of the molecule is O[C@@H]1CCCN(c2ccc(Nc3ncnc(N4CCN(c5ncc(Cc6ccc(F)cc6)cn5)CC4)n3)cc2)C1. The second-order valence-corrected chi connectivity index (χ2v) is 10.2. The zero-order valence-corrected chi connectivity index (χ0v) is 22.2. The van der Waals surface area contributed by atoms with Gasteiger partial charge in [0.15, 0.2) is 0 Å². The number of aliphatic hydroxyl groups is 1. The van der Waals surface area contributed by atoms with Crippen molar-refractivity contribution in [3.05, 3.63) is 84.2 Å². The molecule has 10 nitrogen and oxygen atoms in total. The molecular formula is C29H32FN9O. The Morgan fingerprint density at radius 2 is 1.48 bits per heavy atom. The molecule has 206 valence electrons. The van der Waals surface area contributed by atoms with Crippen LogP contribution in [0.2, 0.25) is 0 Å². The molecule has 0 bridgehead atoms. The highest BCUT2D eigenvalue weighted by Crippen LogP contribution is 2.24. The second kappa shape index (κ2) is 11.8. The molecule has 0 aliphatic carbocycles. The van der Waals surface area contributed by atoms with Gasteiger partial charge in [-0.2, -0.15) is 4.98 Å². The van der Waals surface area contributed by atoms with Gasteiger partial charge >= 0.3 is 0 Å². The molecule has 4 heterocycles. The number of aromatic nitrogens is 5. The fourth-order valence-corrected chi connectivity index (χ4v) is 5.12. The molecule has 6 rings (SSSR count). The highest BCUT2D eigenvalue weighted by atomic mass is 19.1. The molecule has 0 spiro atoms. The van der Waals surface area contributed by atoms with Crippen molar-refractivity contribution in [3.63, 3.8) is 0 Å². The summed E-state index contributed by atoms with van der Waals surface area (Å²) < 4.78 is 13.1. The quantitative estimate of drug-likeness (QED) is 0.361. The normalized spacial score (nSPS) is 17.6. The number of β-amino-alcohol motifs (C(OH)–C–C–N with tert-alkyl or cyclic N) is 1. The van der Waals surface area contributed by atoms with Crippen LogP contribution in [-0.4, -0.2) is 75.4 Å². The molecule has 2 aromatic carbocycles. The summed E-state index contributed by atoms with van der Waals surface area (Å²) in [6.45, 7) is 4.60. The van der Waals surface area contributed by atoms with Crippen molar-refractivity contribution < 1.29 is 9.50 Å². The largest absolute Gasteiger partial charge is 0.391 e. The van der Waals surface area contributed by atoms with Gasteiger partial charge in [0.05, 0.1) is 6.10 Å². The number of nitrogens with zero attached hydrogens (tertiary/aromatic N) is 8. The first-order valence-electron chi connectivity index (χ1n) is 13.6. The number of rotatable bonds is 7. The Labute approximate surface area is 232 Å². The maximum absolute atomic E-state index is 13.1. The molecule has 2 aromatic heterocycles. The fourth-order valence-electron chi connectivity index (χ4n) is 5.12. The zero-order chi connectivity index (χ0) is 27.3. The lowest BCUT2D eigenvalue weighted by atomic mass is 10.1. The molecule has 2 fully saturated rings. The number of benzene rings is 2. The van der Waals surface area contributed by atoms with E-state index < -0.39 is 0 Å². The molecule has 2 aliphatic heterocycles. The van der Waals surface area contributed by atoms with Crippen LogP contribution < -0.4 is 20.0 Å². The van der Waals surface area contributed by atoms with Gasteiger partial charge in [0.2, 0.25) is 17.8 Å². The maximum Gasteiger partial charge on any atom is 0.231 e. The van der Waals surface area contributed by atoms with Crippen molar-refractivity contribution in [3.8, 4) is 0 Å². The lowest BCUT2D eigenvalue weighted by Crippen LogP contribution is -2.47. The van der Waals surface area contributed by atoms with Crippen molar-refractivity contribution in [2.45, 2.75) is 25.4 Å². The summed E-state index contributed by atoms with van der Waals surface area (Å²) in [7, 11) is 0. The van der Waals surface area contributed by atoms with E-state index in [9.17, 15) is 9.50 Å². The van der Waals surface area contributed by atoms with Crippen LogP contribution in [0, 0.1) is 5.82 Å². The monoisotopic (exact) mass is 541 g/mol. The van der Waals surface area contributed by atoms with Crippen LogP contribution >= 0.6 is 0 Å². The molecule has 11 heteroatoms. The van der Waals surface area contributed by atoms with E-state index in [1.165, 1.54) is 18.5 Å². The number of hydrogen-bond acceptors (Lipinski definition) is 10. The van der Waals surface area contributed by atoms with Crippen LogP contribution in [0.15, 0.2) is 67.3 Å². The topological polar surface area (TPSA) is 106 Å². The predicted molar refractivity (Wildman–Crippen MR) is 153 cm³/mol. The minimum absolute atomic E-state index is 0.236. The third-order valence-corrected chi connectivity index (χ3v) is 7.30. The Hall–Kier alpha value is -4.38. The summed E-state index contributed by atoms with van der Waals surface area (Å²) in [5, 5.41) is 13.2. The smallest absolute Gasteiger partial charge is 0.231 e. The Kier molecular flexibility index (Phi) is 7.62. The minimum atomic E-state index is -0.260. The van der Waals surface area contributed by atoms with Crippen molar-refractivity contribution in [2.75, 3.05) is 59.3 Å². The van der Waals surface area contributed by atoms with Crippen LogP contribution in [0.3, 0.4) is 0 Å². The van der Waals surface area contributed by atoms with Crippen molar-refractivity contribution in [1.82, 2.24) is 24.9 Å². The predicted octanol–water partition coefficient (Wildman–Crippen LogP) is 3.42. The van der Waals surface area contributed by atoms with E-state index in [2.05, 4.69) is 57.1 Å². The number of nitrogens with one attached hydrogen (secondary N) is 1. The standard InChI is InChI=1S/C29H32FN9O/c30-23-5-3-21(4-6-23)16-22-17-31-28(32-18-22)37-12-14-38(15-13-37)29-34-20-33-27(36-29)35-24-7-9-25(10-8-24)39-11-1-2-26(40)19-39/h3-10,17-18,20,26,40H,1-2,11-16,19H2,(H,33,34,35,36)/t26-/m1/s1. The number of halogens is 1. The average Bonchev–Trinajstić information content (AvgIpc) is 2.99. The summed E-state index contributed by atoms with van der Waals surface area (Å²) >= 11 is 0. The summed E-state index contributed by atoms with van der Waals surface area (Å²) in [6, 6.07) is 14.6. The summed E-state index contributed by atoms with van der Waals surface area (Å²) in [5.74, 6) is 1.59. The first-order valence-corrected chi connectivity index (χ1v) is 13.6. The van der Waals surface area contributed by atoms with E-state index in [0.29, 0.717) is 30.8 Å². The van der Waals surface area contributed by atoms with Gasteiger partial charge in [-0.15, -0.1) is 0 Å². The zero-order valence-electron chi connectivity index (χ0n) is 22.2. The molecule has 2 N–H and O–H groups in total. The third kappa shape index (κ3) is 6.26. The van der Waals surface area contributed by atoms with E-state index >= 15 is 0 Å². The minimum Gasteiger partial charge on any atom is -0.391 e. The average molecular weight is 542 g/mol. The molecule has 0 saturated carbocycles. The fraction of sp³-hybridized carbons (Fsp3) is 0.345. The van der Waals surface area contributed by atoms with Gasteiger partial charge in [0.1, 0.15) is 12.1 Å². The highest BCUT2D eigenvalue weighted by Gasteiger charge is 2.22. The Morgan fingerprint density at radius 3 is 2.17 bits per heavy atom. The van der Waals surface area contributed by atoms with Crippen LogP contribution in [0.25, 0.3) is 0 Å². The van der Waals surface area contributed by atoms with E-state index in [1.807, 2.05) is 24.5 Å². The number of anilines is 5. The van der Waals surface area contributed by atoms with Crippen LogP contribution in [0.4, 0.5) is 33.6 Å². The molecule has 4 aromatic rings. The van der Waals surface area contributed by atoms with E-state index in [1.54, 1.807) is 12.1 Å². The van der Waals surface area contributed by atoms with E-state index in [4.69, 9.17) is 0 Å². The number of aliphatic hydroxyl groups excluding tert-OH is 1. The number of piperidine rings is 1. The van der Waals surface area contributed by atoms with Gasteiger partial charge < -0.3 is 25.1 Å². The molecule has 40 heavy (non-hydrogen) atoms. The molecule has 2 saturated heterocycles. The molecule has 1 atom stereocenters. The van der Waals surface area contributed by atoms with Gasteiger partial charge in [-0.25, -0.2) is 24.3 Å². The van der Waals surface area contributed by atoms with Crippen LogP contribution in [0.5, 0.6) is 0 Å². The summed E-state index contributed by atoms with van der Waals surface area (Å²) in [5.41, 5.74) is 4.00. The van der Waals surface area contributed by atoms with Crippen LogP contribution in [-0.2, 0) is 6.42 Å². The summed E-state index contributed by atoms with van der Waals surface area (Å²) in [4.78, 5) is 29.0. The highest BCUT2D eigenvalue weighted by molar-refractivity contribution is 5.60. The number of piperazine rings is 1. The lowest BCUT2D eigenvalue weighted by Gasteiger charge is -2.34. The van der Waals surface area contributed by atoms with Gasteiger partial charge in [-0.1, -0.05) is 12.1 Å². The molecule has 0 radical (unpaired) electrons. The maximum atomic E-state index is 13.1. The first-order chi connectivity index (χ1) is 19.6. The van der Waals surface area contributed by atoms with Crippen molar-refractivity contribution >= 4 is 29.2 Å². The number of hydrogen-bond donors (Lipinski definition) is 2. The van der Waals surface area contributed by atoms with E-state index in [0.717, 1.165) is 68.1 Å². The van der Waals surface area contributed by atoms with Crippen molar-refractivity contribution in [1.29, 1.82) is 0 Å². The van der Waals surface area contributed by atoms with Gasteiger partial charge in [0, 0.05) is 69.5 Å². The third-order valence-electron chi connectivity index (χ3n) is 7.30. The van der Waals surface area contributed by atoms with E-state index in [-0.39, 0.29) is 11.9 Å². The summed E-state index contributed by atoms with van der Waals surface area (Å²) in [6.07, 6.45) is 7.48. The molecule has 0 amide bonds. The molecular weight excluding hydrogens is 509 g/mol. The van der Waals surface area contributed by atoms with Gasteiger partial charge in [-0.3, -0.25) is 0 Å². The molecule has 0 unspecified atom stereocenters. The Bertz CT molecular complexity index is 1390. The Balaban J connectivity index is 1.02. The van der Waals surface area contributed by atoms with Crippen molar-refractivity contribution in [2.24, 2.45) is 0 Å². The van der Waals surface area contributed by atoms with Gasteiger partial charge in [-0.05, 0) is 60.4 Å². The Morgan fingerprint density at radius 1 is 0.775 bits per heavy atom. The van der Waals surface area contributed by atoms with Gasteiger partial charge in [0.25, 0.3) is 0 Å². The second-order valence-electron chi connectivity index (χ2n) is 10.2. The van der Waals surface area contributed by atoms with Crippen LogP contribution in [0.1, 0.15) is 24.0 Å².